The van der Waals surface area contributed by atoms with Crippen molar-refractivity contribution < 1.29 is 17.2 Å². The molecule has 0 aromatic carbocycles. The van der Waals surface area contributed by atoms with Gasteiger partial charge in [0.1, 0.15) is 5.69 Å². The Kier molecular flexibility index (Phi) is 3.87. The van der Waals surface area contributed by atoms with Crippen molar-refractivity contribution >= 4 is 15.7 Å². The highest BCUT2D eigenvalue weighted by Crippen LogP contribution is 2.22. The first-order valence-corrected chi connectivity index (χ1v) is 7.30. The highest BCUT2D eigenvalue weighted by atomic mass is 32.2. The van der Waals surface area contributed by atoms with E-state index in [1.54, 1.807) is 13.0 Å². The molecule has 1 aromatic heterocycles. The van der Waals surface area contributed by atoms with Crippen molar-refractivity contribution in [3.63, 3.8) is 0 Å². The average Bonchev–Trinajstić information content (AvgIpc) is 2.59. The van der Waals surface area contributed by atoms with Gasteiger partial charge < -0.3 is 0 Å². The molecule has 0 saturated carbocycles. The first kappa shape index (κ1) is 14.6. The quantitative estimate of drug-likeness (QED) is 0.928. The molecule has 0 amide bonds. The van der Waals surface area contributed by atoms with E-state index in [-0.39, 0.29) is 10.6 Å². The zero-order valence-electron chi connectivity index (χ0n) is 10.6. The van der Waals surface area contributed by atoms with Gasteiger partial charge in [-0.25, -0.2) is 27.0 Å². The lowest BCUT2D eigenvalue weighted by Crippen LogP contribution is -2.13. The summed E-state index contributed by atoms with van der Waals surface area (Å²) in [4.78, 5) is -0.0114. The molecule has 8 heteroatoms. The molecule has 0 unspecified atom stereocenters. The summed E-state index contributed by atoms with van der Waals surface area (Å²) in [5, 5.41) is 8.85. The summed E-state index contributed by atoms with van der Waals surface area (Å²) in [6.07, 6.45) is 3.62. The van der Waals surface area contributed by atoms with E-state index >= 15 is 0 Å². The van der Waals surface area contributed by atoms with E-state index in [9.17, 15) is 17.2 Å². The summed E-state index contributed by atoms with van der Waals surface area (Å²) in [5.41, 5.74) is 0.736. The molecular formula is C12H13F2N3O2S. The fraction of sp³-hybridized carbons (Fsp3) is 0.250. The number of alkyl halides is 2. The van der Waals surface area contributed by atoms with Gasteiger partial charge in [-0.1, -0.05) is 12.2 Å². The van der Waals surface area contributed by atoms with Gasteiger partial charge in [-0.15, -0.1) is 0 Å². The van der Waals surface area contributed by atoms with Crippen LogP contribution in [0.2, 0.25) is 0 Å². The number of allylic oxidation sites excluding steroid dienone is 5. The van der Waals surface area contributed by atoms with Gasteiger partial charge in [0.15, 0.2) is 0 Å². The topological polar surface area (TPSA) is 78.0 Å². The van der Waals surface area contributed by atoms with E-state index in [2.05, 4.69) is 5.10 Å². The van der Waals surface area contributed by atoms with Gasteiger partial charge in [-0.2, -0.15) is 5.10 Å². The number of aryl methyl sites for hydroxylation is 1. The van der Waals surface area contributed by atoms with Crippen LogP contribution in [0.3, 0.4) is 0 Å². The van der Waals surface area contributed by atoms with E-state index in [0.717, 1.165) is 0 Å². The third kappa shape index (κ3) is 3.02. The summed E-state index contributed by atoms with van der Waals surface area (Å²) >= 11 is 0. The fourth-order valence-electron chi connectivity index (χ4n) is 1.83. The molecule has 2 N–H and O–H groups in total. The van der Waals surface area contributed by atoms with Crippen LogP contribution in [0.1, 0.15) is 24.2 Å². The lowest BCUT2D eigenvalue weighted by atomic mass is 10.3. The Balaban J connectivity index is 2.35. The van der Waals surface area contributed by atoms with Gasteiger partial charge in [0.05, 0.1) is 10.6 Å². The van der Waals surface area contributed by atoms with Crippen molar-refractivity contribution in [3.05, 3.63) is 46.7 Å². The van der Waals surface area contributed by atoms with Crippen LogP contribution in [-0.2, 0) is 10.0 Å². The SMILES string of the molecule is Cc1cc(C(F)F)nn1C1=CCC=C(S(N)(=O)=O)C=C1. The molecule has 0 radical (unpaired) electrons. The smallest absolute Gasteiger partial charge is 0.238 e. The molecule has 0 fully saturated rings. The first-order chi connectivity index (χ1) is 9.29. The summed E-state index contributed by atoms with van der Waals surface area (Å²) in [6, 6.07) is 1.29. The Morgan fingerprint density at radius 3 is 2.60 bits per heavy atom. The van der Waals surface area contributed by atoms with Gasteiger partial charge in [0, 0.05) is 5.69 Å². The van der Waals surface area contributed by atoms with Crippen LogP contribution < -0.4 is 5.14 Å². The first-order valence-electron chi connectivity index (χ1n) is 5.75. The van der Waals surface area contributed by atoms with Gasteiger partial charge >= 0.3 is 0 Å². The molecule has 0 saturated heterocycles. The number of halogens is 2. The van der Waals surface area contributed by atoms with E-state index < -0.39 is 16.4 Å². The lowest BCUT2D eigenvalue weighted by Gasteiger charge is -2.04. The number of aromatic nitrogens is 2. The Morgan fingerprint density at radius 1 is 1.35 bits per heavy atom. The van der Waals surface area contributed by atoms with Gasteiger partial charge in [-0.05, 0) is 31.6 Å². The van der Waals surface area contributed by atoms with E-state index in [4.69, 9.17) is 5.14 Å². The van der Waals surface area contributed by atoms with Crippen LogP contribution in [0.4, 0.5) is 8.78 Å². The van der Waals surface area contributed by atoms with Crippen LogP contribution >= 0.6 is 0 Å². The molecule has 1 aliphatic carbocycles. The van der Waals surface area contributed by atoms with Crippen molar-refractivity contribution in [2.75, 3.05) is 0 Å². The standard InChI is InChI=1S/C12H13F2N3O2S/c1-8-7-11(12(13)14)16-17(8)9-3-2-4-10(6-5-9)20(15,18)19/h3-7,12H,2H2,1H3,(H2,15,18,19). The number of nitrogens with two attached hydrogens (primary N) is 1. The van der Waals surface area contributed by atoms with E-state index in [1.165, 1.54) is 29.0 Å². The Morgan fingerprint density at radius 2 is 2.05 bits per heavy atom. The highest BCUT2D eigenvalue weighted by Gasteiger charge is 2.16. The predicted octanol–water partition coefficient (Wildman–Crippen LogP) is 2.10. The molecule has 2 rings (SSSR count). The molecule has 108 valence electrons. The molecule has 0 bridgehead atoms. The highest BCUT2D eigenvalue weighted by molar-refractivity contribution is 7.93. The predicted molar refractivity (Wildman–Crippen MR) is 71.1 cm³/mol. The minimum Gasteiger partial charge on any atom is -0.238 e. The van der Waals surface area contributed by atoms with E-state index in [1.807, 2.05) is 0 Å². The van der Waals surface area contributed by atoms with Crippen molar-refractivity contribution in [1.29, 1.82) is 0 Å². The number of hydrogen-bond acceptors (Lipinski definition) is 3. The maximum atomic E-state index is 12.6. The largest absolute Gasteiger partial charge is 0.282 e. The number of nitrogens with zero attached hydrogens (tertiary/aromatic N) is 2. The molecule has 20 heavy (non-hydrogen) atoms. The second-order valence-electron chi connectivity index (χ2n) is 4.27. The van der Waals surface area contributed by atoms with Crippen molar-refractivity contribution in [3.8, 4) is 0 Å². The summed E-state index contributed by atoms with van der Waals surface area (Å²) < 4.78 is 49.1. The van der Waals surface area contributed by atoms with Gasteiger partial charge in [0.25, 0.3) is 6.43 Å². The van der Waals surface area contributed by atoms with Crippen molar-refractivity contribution in [2.45, 2.75) is 19.8 Å². The Bertz CT molecular complexity index is 715. The summed E-state index contributed by atoms with van der Waals surface area (Å²) in [7, 11) is -3.78. The monoisotopic (exact) mass is 301 g/mol. The summed E-state index contributed by atoms with van der Waals surface area (Å²) in [5.74, 6) is 0. The van der Waals surface area contributed by atoms with Gasteiger partial charge in [-0.3, -0.25) is 0 Å². The zero-order valence-corrected chi connectivity index (χ0v) is 11.4. The zero-order chi connectivity index (χ0) is 14.9. The van der Waals surface area contributed by atoms with Crippen molar-refractivity contribution in [2.24, 2.45) is 5.14 Å². The molecular weight excluding hydrogens is 288 g/mol. The summed E-state index contributed by atoms with van der Waals surface area (Å²) in [6.45, 7) is 1.65. The second-order valence-corrected chi connectivity index (χ2v) is 5.83. The molecule has 0 aliphatic heterocycles. The minimum atomic E-state index is -3.78. The molecule has 1 aliphatic rings. The number of rotatable bonds is 3. The van der Waals surface area contributed by atoms with Crippen LogP contribution in [0, 0.1) is 6.92 Å². The number of hydrogen-bond donors (Lipinski definition) is 1. The number of primary sulfonamides is 1. The number of sulfonamides is 1. The molecule has 0 atom stereocenters. The Labute approximate surface area is 115 Å². The lowest BCUT2D eigenvalue weighted by molar-refractivity contribution is 0.145. The third-order valence-electron chi connectivity index (χ3n) is 2.77. The van der Waals surface area contributed by atoms with E-state index in [0.29, 0.717) is 17.8 Å². The average molecular weight is 301 g/mol. The Hall–Kier alpha value is -1.80. The third-order valence-corrected chi connectivity index (χ3v) is 3.73. The molecule has 1 aromatic rings. The van der Waals surface area contributed by atoms with Crippen LogP contribution in [0.15, 0.2) is 35.3 Å². The minimum absolute atomic E-state index is 0.0114. The van der Waals surface area contributed by atoms with Crippen LogP contribution in [0.5, 0.6) is 0 Å². The second kappa shape index (κ2) is 5.29. The van der Waals surface area contributed by atoms with Crippen LogP contribution in [0.25, 0.3) is 5.70 Å². The molecule has 0 spiro atoms. The maximum Gasteiger partial charge on any atom is 0.282 e. The van der Waals surface area contributed by atoms with Crippen molar-refractivity contribution in [1.82, 2.24) is 9.78 Å². The normalized spacial score (nSPS) is 16.1. The van der Waals surface area contributed by atoms with Crippen LogP contribution in [-0.4, -0.2) is 18.2 Å². The fourth-order valence-corrected chi connectivity index (χ4v) is 2.42. The molecule has 1 heterocycles. The van der Waals surface area contributed by atoms with Gasteiger partial charge in [0.2, 0.25) is 10.0 Å². The molecule has 5 nitrogen and oxygen atoms in total. The maximum absolute atomic E-state index is 12.6.